The van der Waals surface area contributed by atoms with E-state index in [1.54, 1.807) is 6.92 Å². The highest BCUT2D eigenvalue weighted by molar-refractivity contribution is 5.96. The highest BCUT2D eigenvalue weighted by Gasteiger charge is 2.42. The number of aliphatic carboxylic acids is 1. The molecule has 3 N–H and O–H groups in total. The van der Waals surface area contributed by atoms with Crippen molar-refractivity contribution in [1.82, 2.24) is 5.32 Å². The van der Waals surface area contributed by atoms with E-state index in [0.29, 0.717) is 12.8 Å². The summed E-state index contributed by atoms with van der Waals surface area (Å²) in [5.74, 6) is -2.98. The van der Waals surface area contributed by atoms with Gasteiger partial charge in [0.05, 0.1) is 17.1 Å². The summed E-state index contributed by atoms with van der Waals surface area (Å²) in [6.45, 7) is 5.50. The van der Waals surface area contributed by atoms with Gasteiger partial charge in [-0.3, -0.25) is 14.4 Å². The first-order valence-corrected chi connectivity index (χ1v) is 9.27. The molecule has 1 saturated carbocycles. The van der Waals surface area contributed by atoms with Crippen LogP contribution in [0.1, 0.15) is 63.2 Å². The number of carboxylic acids is 1. The molecule has 7 heteroatoms. The Morgan fingerprint density at radius 3 is 2.59 bits per heavy atom. The highest BCUT2D eigenvalue weighted by atomic mass is 19.1. The molecule has 0 aliphatic heterocycles. The number of carbonyl (C=O) groups excluding carboxylic acids is 2. The fourth-order valence-electron chi connectivity index (χ4n) is 3.54. The largest absolute Gasteiger partial charge is 0.481 e. The van der Waals surface area contributed by atoms with Crippen LogP contribution in [-0.2, 0) is 9.59 Å². The SMILES string of the molecule is CC(C)CC(=O)Nc1ccc(C(=O)NC2(C)CCCCC2C(=O)O)cc1F. The maximum Gasteiger partial charge on any atom is 0.308 e. The topological polar surface area (TPSA) is 95.5 Å². The van der Waals surface area contributed by atoms with Crippen molar-refractivity contribution in [3.8, 4) is 0 Å². The third-order valence-corrected chi connectivity index (χ3v) is 5.00. The van der Waals surface area contributed by atoms with Gasteiger partial charge in [0.25, 0.3) is 5.91 Å². The lowest BCUT2D eigenvalue weighted by molar-refractivity contribution is -0.145. The average Bonchev–Trinajstić information content (AvgIpc) is 2.55. The maximum atomic E-state index is 14.3. The van der Waals surface area contributed by atoms with Crippen LogP contribution in [0.25, 0.3) is 0 Å². The van der Waals surface area contributed by atoms with Gasteiger partial charge in [-0.15, -0.1) is 0 Å². The summed E-state index contributed by atoms with van der Waals surface area (Å²) in [6.07, 6.45) is 2.97. The molecule has 6 nitrogen and oxygen atoms in total. The minimum absolute atomic E-state index is 0.0180. The van der Waals surface area contributed by atoms with E-state index in [1.807, 2.05) is 13.8 Å². The van der Waals surface area contributed by atoms with Crippen molar-refractivity contribution in [2.24, 2.45) is 11.8 Å². The predicted octanol–water partition coefficient (Wildman–Crippen LogP) is 3.57. The Balaban J connectivity index is 2.11. The van der Waals surface area contributed by atoms with Gasteiger partial charge in [0, 0.05) is 12.0 Å². The van der Waals surface area contributed by atoms with Gasteiger partial charge < -0.3 is 15.7 Å². The van der Waals surface area contributed by atoms with Crippen molar-refractivity contribution >= 4 is 23.5 Å². The number of benzene rings is 1. The van der Waals surface area contributed by atoms with Gasteiger partial charge in [-0.05, 0) is 43.9 Å². The first kappa shape index (κ1) is 20.9. The quantitative estimate of drug-likeness (QED) is 0.705. The molecule has 2 unspecified atom stereocenters. The zero-order valence-corrected chi connectivity index (χ0v) is 16.0. The molecule has 1 aliphatic carbocycles. The molecule has 1 aliphatic rings. The van der Waals surface area contributed by atoms with Crippen molar-refractivity contribution in [3.05, 3.63) is 29.6 Å². The van der Waals surface area contributed by atoms with E-state index in [0.717, 1.165) is 18.9 Å². The lowest BCUT2D eigenvalue weighted by Crippen LogP contribution is -2.55. The third-order valence-electron chi connectivity index (χ3n) is 5.00. The lowest BCUT2D eigenvalue weighted by Gasteiger charge is -2.39. The normalized spacial score (nSPS) is 22.3. The highest BCUT2D eigenvalue weighted by Crippen LogP contribution is 2.34. The Labute approximate surface area is 158 Å². The van der Waals surface area contributed by atoms with E-state index in [9.17, 15) is 23.9 Å². The molecule has 0 spiro atoms. The van der Waals surface area contributed by atoms with Gasteiger partial charge in [-0.1, -0.05) is 26.7 Å². The van der Waals surface area contributed by atoms with E-state index < -0.39 is 29.2 Å². The van der Waals surface area contributed by atoms with Crippen LogP contribution in [0.5, 0.6) is 0 Å². The number of halogens is 1. The second-order valence-corrected chi connectivity index (χ2v) is 7.85. The number of hydrogen-bond acceptors (Lipinski definition) is 3. The number of rotatable bonds is 6. The van der Waals surface area contributed by atoms with Gasteiger partial charge in [-0.2, -0.15) is 0 Å². The van der Waals surface area contributed by atoms with Gasteiger partial charge in [-0.25, -0.2) is 4.39 Å². The summed E-state index contributed by atoms with van der Waals surface area (Å²) in [6, 6.07) is 3.83. The molecule has 2 amide bonds. The van der Waals surface area contributed by atoms with Gasteiger partial charge in [0.1, 0.15) is 5.82 Å². The second kappa shape index (κ2) is 8.50. The Hall–Kier alpha value is -2.44. The Morgan fingerprint density at radius 2 is 2.00 bits per heavy atom. The van der Waals surface area contributed by atoms with Crippen molar-refractivity contribution in [2.75, 3.05) is 5.32 Å². The minimum atomic E-state index is -0.938. The molecular weight excluding hydrogens is 351 g/mol. The third kappa shape index (κ3) is 5.28. The van der Waals surface area contributed by atoms with Crippen LogP contribution in [0.2, 0.25) is 0 Å². The summed E-state index contributed by atoms with van der Waals surface area (Å²) < 4.78 is 14.3. The van der Waals surface area contributed by atoms with Gasteiger partial charge in [0.15, 0.2) is 0 Å². The van der Waals surface area contributed by atoms with Crippen LogP contribution in [0.3, 0.4) is 0 Å². The Bertz CT molecular complexity index is 735. The first-order chi connectivity index (χ1) is 12.6. The molecular formula is C20H27FN2O4. The summed E-state index contributed by atoms with van der Waals surface area (Å²) in [7, 11) is 0. The number of anilines is 1. The first-order valence-electron chi connectivity index (χ1n) is 9.27. The molecule has 2 rings (SSSR count). The summed E-state index contributed by atoms with van der Waals surface area (Å²) in [5.41, 5.74) is -0.767. The van der Waals surface area contributed by atoms with E-state index in [-0.39, 0.29) is 29.5 Å². The molecule has 0 saturated heterocycles. The molecule has 0 heterocycles. The number of nitrogens with one attached hydrogen (secondary N) is 2. The molecule has 0 aromatic heterocycles. The lowest BCUT2D eigenvalue weighted by atomic mass is 9.73. The van der Waals surface area contributed by atoms with Crippen LogP contribution in [0, 0.1) is 17.7 Å². The fourth-order valence-corrected chi connectivity index (χ4v) is 3.54. The molecule has 1 aromatic carbocycles. The Kier molecular flexibility index (Phi) is 6.57. The Morgan fingerprint density at radius 1 is 1.30 bits per heavy atom. The predicted molar refractivity (Wildman–Crippen MR) is 99.9 cm³/mol. The smallest absolute Gasteiger partial charge is 0.308 e. The number of hydrogen-bond donors (Lipinski definition) is 3. The summed E-state index contributed by atoms with van der Waals surface area (Å²) in [5, 5.41) is 14.7. The van der Waals surface area contributed by atoms with E-state index in [2.05, 4.69) is 10.6 Å². The zero-order chi connectivity index (χ0) is 20.2. The van der Waals surface area contributed by atoms with E-state index in [4.69, 9.17) is 0 Å². The standard InChI is InChI=1S/C20H27FN2O4/c1-12(2)10-17(24)22-16-8-7-13(11-15(16)21)18(25)23-20(3)9-5-4-6-14(20)19(26)27/h7-8,11-12,14H,4-6,9-10H2,1-3H3,(H,22,24)(H,23,25)(H,26,27). The zero-order valence-electron chi connectivity index (χ0n) is 16.0. The average molecular weight is 378 g/mol. The minimum Gasteiger partial charge on any atom is -0.481 e. The van der Waals surface area contributed by atoms with Gasteiger partial charge >= 0.3 is 5.97 Å². The van der Waals surface area contributed by atoms with Crippen LogP contribution in [0.15, 0.2) is 18.2 Å². The van der Waals surface area contributed by atoms with Crippen LogP contribution < -0.4 is 10.6 Å². The number of amides is 2. The molecule has 27 heavy (non-hydrogen) atoms. The van der Waals surface area contributed by atoms with Gasteiger partial charge in [0.2, 0.25) is 5.91 Å². The van der Waals surface area contributed by atoms with Crippen LogP contribution in [-0.4, -0.2) is 28.4 Å². The van der Waals surface area contributed by atoms with Crippen LogP contribution in [0.4, 0.5) is 10.1 Å². The molecule has 148 valence electrons. The fraction of sp³-hybridized carbons (Fsp3) is 0.550. The molecule has 1 aromatic rings. The van der Waals surface area contributed by atoms with Crippen molar-refractivity contribution < 1.29 is 23.9 Å². The molecule has 2 atom stereocenters. The van der Waals surface area contributed by atoms with Crippen LogP contribution >= 0.6 is 0 Å². The van der Waals surface area contributed by atoms with E-state index in [1.165, 1.54) is 12.1 Å². The number of carbonyl (C=O) groups is 3. The van der Waals surface area contributed by atoms with Crippen molar-refractivity contribution in [2.45, 2.75) is 58.4 Å². The van der Waals surface area contributed by atoms with E-state index >= 15 is 0 Å². The number of carboxylic acid groups (broad SMARTS) is 1. The molecule has 0 bridgehead atoms. The molecule has 1 fully saturated rings. The summed E-state index contributed by atoms with van der Waals surface area (Å²) >= 11 is 0. The second-order valence-electron chi connectivity index (χ2n) is 7.85. The monoisotopic (exact) mass is 378 g/mol. The van der Waals surface area contributed by atoms with Crippen molar-refractivity contribution in [1.29, 1.82) is 0 Å². The maximum absolute atomic E-state index is 14.3. The molecule has 0 radical (unpaired) electrons. The van der Waals surface area contributed by atoms with Crippen molar-refractivity contribution in [3.63, 3.8) is 0 Å². The summed E-state index contributed by atoms with van der Waals surface area (Å²) in [4.78, 5) is 35.9.